The summed E-state index contributed by atoms with van der Waals surface area (Å²) in [7, 11) is 0. The van der Waals surface area contributed by atoms with Gasteiger partial charge in [-0.15, -0.1) is 0 Å². The number of nitrogen functional groups attached to an aromatic ring is 1. The molecule has 0 aliphatic heterocycles. The Kier molecular flexibility index (Phi) is 1.53. The van der Waals surface area contributed by atoms with E-state index in [4.69, 9.17) is 5.73 Å². The number of rotatable bonds is 0. The Labute approximate surface area is 70.6 Å². The Bertz CT molecular complexity index is 334. The zero-order valence-electron chi connectivity index (χ0n) is 7.02. The number of aromatic nitrogens is 1. The van der Waals surface area contributed by atoms with Crippen LogP contribution in [0.25, 0.3) is 0 Å². The molecule has 2 nitrogen and oxygen atoms in total. The quantitative estimate of drug-likeness (QED) is 0.594. The van der Waals surface area contributed by atoms with Crippen LogP contribution in [0.4, 0.5) is 10.1 Å². The van der Waals surface area contributed by atoms with Crippen molar-refractivity contribution in [2.24, 2.45) is 0 Å². The standard InChI is InChI=1S/C9H11FN2/c1-5-8(11)6-3-2-4-7(6)12-9(5)10/h2-4H2,1H3,(H2,11,12). The van der Waals surface area contributed by atoms with E-state index >= 15 is 0 Å². The number of aryl methyl sites for hydroxylation is 1. The highest BCUT2D eigenvalue weighted by molar-refractivity contribution is 5.55. The van der Waals surface area contributed by atoms with Crippen molar-refractivity contribution in [1.82, 2.24) is 4.98 Å². The molecule has 1 aromatic rings. The van der Waals surface area contributed by atoms with Gasteiger partial charge in [0.15, 0.2) is 0 Å². The van der Waals surface area contributed by atoms with E-state index in [0.717, 1.165) is 30.5 Å². The van der Waals surface area contributed by atoms with E-state index in [1.165, 1.54) is 0 Å². The Hall–Kier alpha value is -1.12. The number of hydrogen-bond donors (Lipinski definition) is 1. The number of hydrogen-bond acceptors (Lipinski definition) is 2. The first kappa shape index (κ1) is 7.53. The summed E-state index contributed by atoms with van der Waals surface area (Å²) < 4.78 is 13.0. The number of fused-ring (bicyclic) bond motifs is 1. The summed E-state index contributed by atoms with van der Waals surface area (Å²) in [6.07, 6.45) is 2.88. The Balaban J connectivity index is 2.67. The maximum absolute atomic E-state index is 13.0. The molecule has 3 heteroatoms. The van der Waals surface area contributed by atoms with Gasteiger partial charge >= 0.3 is 0 Å². The summed E-state index contributed by atoms with van der Waals surface area (Å²) in [5.41, 5.74) is 8.78. The minimum absolute atomic E-state index is 0.409. The van der Waals surface area contributed by atoms with Gasteiger partial charge in [0.1, 0.15) is 0 Å². The van der Waals surface area contributed by atoms with Gasteiger partial charge < -0.3 is 5.73 Å². The molecule has 0 aromatic carbocycles. The average molecular weight is 166 g/mol. The molecule has 64 valence electrons. The summed E-state index contributed by atoms with van der Waals surface area (Å²) in [4.78, 5) is 3.87. The Morgan fingerprint density at radius 3 is 2.92 bits per heavy atom. The third-order valence-corrected chi connectivity index (χ3v) is 2.46. The number of pyridine rings is 1. The normalized spacial score (nSPS) is 14.8. The number of nitrogens with two attached hydrogens (primary N) is 1. The van der Waals surface area contributed by atoms with Gasteiger partial charge in [0.2, 0.25) is 5.95 Å². The van der Waals surface area contributed by atoms with Crippen molar-refractivity contribution in [3.8, 4) is 0 Å². The van der Waals surface area contributed by atoms with Crippen LogP contribution in [0, 0.1) is 12.9 Å². The molecule has 1 aromatic heterocycles. The molecule has 0 saturated carbocycles. The molecule has 1 aliphatic rings. The Morgan fingerprint density at radius 1 is 1.42 bits per heavy atom. The molecule has 0 saturated heterocycles. The molecule has 1 aliphatic carbocycles. The van der Waals surface area contributed by atoms with E-state index in [1.807, 2.05) is 0 Å². The molecule has 2 rings (SSSR count). The molecule has 0 amide bonds. The fourth-order valence-electron chi connectivity index (χ4n) is 1.68. The third-order valence-electron chi connectivity index (χ3n) is 2.46. The largest absolute Gasteiger partial charge is 0.398 e. The lowest BCUT2D eigenvalue weighted by atomic mass is 10.1. The fourth-order valence-corrected chi connectivity index (χ4v) is 1.68. The van der Waals surface area contributed by atoms with Crippen LogP contribution in [0.15, 0.2) is 0 Å². The molecular formula is C9H11FN2. The van der Waals surface area contributed by atoms with Crippen molar-refractivity contribution >= 4 is 5.69 Å². The molecule has 2 N–H and O–H groups in total. The van der Waals surface area contributed by atoms with Gasteiger partial charge in [-0.25, -0.2) is 4.98 Å². The van der Waals surface area contributed by atoms with Crippen LogP contribution in [0.5, 0.6) is 0 Å². The predicted octanol–water partition coefficient (Wildman–Crippen LogP) is 1.60. The molecule has 12 heavy (non-hydrogen) atoms. The van der Waals surface area contributed by atoms with E-state index in [2.05, 4.69) is 4.98 Å². The van der Waals surface area contributed by atoms with Crippen LogP contribution < -0.4 is 5.73 Å². The summed E-state index contributed by atoms with van der Waals surface area (Å²) >= 11 is 0. The molecule has 0 atom stereocenters. The van der Waals surface area contributed by atoms with Crippen LogP contribution in [0.3, 0.4) is 0 Å². The second-order valence-electron chi connectivity index (χ2n) is 3.22. The SMILES string of the molecule is Cc1c(F)nc2c(c1N)CCC2. The lowest BCUT2D eigenvalue weighted by Gasteiger charge is -2.06. The van der Waals surface area contributed by atoms with Crippen molar-refractivity contribution in [2.45, 2.75) is 26.2 Å². The maximum Gasteiger partial charge on any atom is 0.218 e. The van der Waals surface area contributed by atoms with E-state index < -0.39 is 5.95 Å². The topological polar surface area (TPSA) is 38.9 Å². The van der Waals surface area contributed by atoms with Crippen LogP contribution in [-0.2, 0) is 12.8 Å². The van der Waals surface area contributed by atoms with Crippen molar-refractivity contribution in [2.75, 3.05) is 5.73 Å². The van der Waals surface area contributed by atoms with E-state index in [0.29, 0.717) is 11.3 Å². The van der Waals surface area contributed by atoms with Crippen LogP contribution >= 0.6 is 0 Å². The molecule has 0 unspecified atom stereocenters. The van der Waals surface area contributed by atoms with Gasteiger partial charge in [0, 0.05) is 16.9 Å². The lowest BCUT2D eigenvalue weighted by Crippen LogP contribution is -2.03. The van der Waals surface area contributed by atoms with Crippen molar-refractivity contribution in [1.29, 1.82) is 0 Å². The summed E-state index contributed by atoms with van der Waals surface area (Å²) in [5.74, 6) is -0.409. The highest BCUT2D eigenvalue weighted by Gasteiger charge is 2.18. The smallest absolute Gasteiger partial charge is 0.218 e. The predicted molar refractivity (Wildman–Crippen MR) is 45.4 cm³/mol. The number of halogens is 1. The van der Waals surface area contributed by atoms with Crippen LogP contribution in [0.1, 0.15) is 23.2 Å². The van der Waals surface area contributed by atoms with Crippen molar-refractivity contribution < 1.29 is 4.39 Å². The van der Waals surface area contributed by atoms with Gasteiger partial charge in [-0.05, 0) is 31.7 Å². The number of anilines is 1. The van der Waals surface area contributed by atoms with Crippen molar-refractivity contribution in [3.05, 3.63) is 22.8 Å². The zero-order valence-corrected chi connectivity index (χ0v) is 7.02. The minimum Gasteiger partial charge on any atom is -0.398 e. The van der Waals surface area contributed by atoms with Gasteiger partial charge in [0.25, 0.3) is 0 Å². The maximum atomic E-state index is 13.0. The van der Waals surface area contributed by atoms with Crippen LogP contribution in [-0.4, -0.2) is 4.98 Å². The first-order valence-electron chi connectivity index (χ1n) is 4.13. The van der Waals surface area contributed by atoms with E-state index in [-0.39, 0.29) is 0 Å². The monoisotopic (exact) mass is 166 g/mol. The van der Waals surface area contributed by atoms with Crippen LogP contribution in [0.2, 0.25) is 0 Å². The van der Waals surface area contributed by atoms with Gasteiger partial charge in [0.05, 0.1) is 0 Å². The summed E-state index contributed by atoms with van der Waals surface area (Å²) in [6.45, 7) is 1.68. The van der Waals surface area contributed by atoms with E-state index in [9.17, 15) is 4.39 Å². The fraction of sp³-hybridized carbons (Fsp3) is 0.444. The summed E-state index contributed by atoms with van der Waals surface area (Å²) in [5, 5.41) is 0. The first-order valence-corrected chi connectivity index (χ1v) is 4.13. The number of nitrogens with zero attached hydrogens (tertiary/aromatic N) is 1. The highest BCUT2D eigenvalue weighted by atomic mass is 19.1. The molecule has 1 heterocycles. The molecule has 0 fully saturated rings. The summed E-state index contributed by atoms with van der Waals surface area (Å²) in [6, 6.07) is 0. The van der Waals surface area contributed by atoms with E-state index in [1.54, 1.807) is 6.92 Å². The second-order valence-corrected chi connectivity index (χ2v) is 3.22. The second kappa shape index (κ2) is 2.44. The van der Waals surface area contributed by atoms with Gasteiger partial charge in [-0.3, -0.25) is 0 Å². The van der Waals surface area contributed by atoms with Gasteiger partial charge in [-0.2, -0.15) is 4.39 Å². The molecule has 0 spiro atoms. The molecular weight excluding hydrogens is 155 g/mol. The molecule has 0 bridgehead atoms. The molecule has 0 radical (unpaired) electrons. The zero-order chi connectivity index (χ0) is 8.72. The minimum atomic E-state index is -0.409. The first-order chi connectivity index (χ1) is 5.70. The third kappa shape index (κ3) is 0.891. The average Bonchev–Trinajstić information content (AvgIpc) is 2.48. The van der Waals surface area contributed by atoms with Crippen molar-refractivity contribution in [3.63, 3.8) is 0 Å². The Morgan fingerprint density at radius 2 is 2.17 bits per heavy atom. The lowest BCUT2D eigenvalue weighted by molar-refractivity contribution is 0.569. The van der Waals surface area contributed by atoms with Gasteiger partial charge in [-0.1, -0.05) is 0 Å². The highest BCUT2D eigenvalue weighted by Crippen LogP contribution is 2.28.